The van der Waals surface area contributed by atoms with Crippen LogP contribution in [0.5, 0.6) is 5.75 Å². The zero-order valence-electron chi connectivity index (χ0n) is 9.82. The number of hydrogen-bond donors (Lipinski definition) is 2. The Bertz CT molecular complexity index is 365. The van der Waals surface area contributed by atoms with E-state index in [1.165, 1.54) is 31.5 Å². The molecule has 0 saturated carbocycles. The summed E-state index contributed by atoms with van der Waals surface area (Å²) in [5, 5.41) is 9.35. The summed E-state index contributed by atoms with van der Waals surface area (Å²) in [6.07, 6.45) is 2.63. The molecule has 3 nitrogen and oxygen atoms in total. The first kappa shape index (κ1) is 11.3. The number of nitrogens with two attached hydrogens (primary N) is 1. The van der Waals surface area contributed by atoms with Crippen molar-refractivity contribution in [1.82, 2.24) is 4.90 Å². The number of piperidine rings is 1. The van der Waals surface area contributed by atoms with Crippen LogP contribution in [-0.4, -0.2) is 23.1 Å². The van der Waals surface area contributed by atoms with Crippen molar-refractivity contribution in [3.05, 3.63) is 23.8 Å². The number of benzene rings is 1. The summed E-state index contributed by atoms with van der Waals surface area (Å²) in [6, 6.07) is 5.50. The maximum atomic E-state index is 9.35. The minimum Gasteiger partial charge on any atom is -0.506 e. The van der Waals surface area contributed by atoms with Crippen molar-refractivity contribution in [3.8, 4) is 5.75 Å². The number of rotatable bonds is 2. The minimum atomic E-state index is 0.177. The number of nitrogen functional groups attached to an aromatic ring is 1. The molecule has 1 fully saturated rings. The fourth-order valence-electron chi connectivity index (χ4n) is 2.39. The molecule has 2 rings (SSSR count). The van der Waals surface area contributed by atoms with Crippen LogP contribution in [0.1, 0.15) is 25.3 Å². The fraction of sp³-hybridized carbons (Fsp3) is 0.538. The van der Waals surface area contributed by atoms with E-state index >= 15 is 0 Å². The number of nitrogens with zero attached hydrogens (tertiary/aromatic N) is 1. The summed E-state index contributed by atoms with van der Waals surface area (Å²) in [5.74, 6) is 0.971. The molecule has 1 heterocycles. The van der Waals surface area contributed by atoms with Gasteiger partial charge in [-0.2, -0.15) is 0 Å². The number of anilines is 1. The van der Waals surface area contributed by atoms with Gasteiger partial charge >= 0.3 is 0 Å². The van der Waals surface area contributed by atoms with Crippen LogP contribution in [0.4, 0.5) is 5.69 Å². The van der Waals surface area contributed by atoms with E-state index in [1.54, 1.807) is 6.07 Å². The lowest BCUT2D eigenvalue weighted by atomic mass is 10.00. The Morgan fingerprint density at radius 3 is 3.00 bits per heavy atom. The van der Waals surface area contributed by atoms with E-state index < -0.39 is 0 Å². The molecule has 16 heavy (non-hydrogen) atoms. The van der Waals surface area contributed by atoms with Crippen molar-refractivity contribution in [3.63, 3.8) is 0 Å². The lowest BCUT2D eigenvalue weighted by Crippen LogP contribution is -2.33. The zero-order chi connectivity index (χ0) is 11.5. The lowest BCUT2D eigenvalue weighted by Gasteiger charge is -2.30. The monoisotopic (exact) mass is 220 g/mol. The second kappa shape index (κ2) is 4.74. The maximum absolute atomic E-state index is 9.35. The van der Waals surface area contributed by atoms with Gasteiger partial charge in [-0.05, 0) is 43.0 Å². The number of phenolic OH excluding ortho intramolecular Hbond substituents is 1. The number of phenols is 1. The summed E-state index contributed by atoms with van der Waals surface area (Å²) in [7, 11) is 0. The Hall–Kier alpha value is -1.22. The van der Waals surface area contributed by atoms with Gasteiger partial charge in [0.1, 0.15) is 5.75 Å². The van der Waals surface area contributed by atoms with Crippen LogP contribution in [0, 0.1) is 5.92 Å². The highest BCUT2D eigenvalue weighted by molar-refractivity contribution is 5.53. The van der Waals surface area contributed by atoms with Crippen molar-refractivity contribution in [2.75, 3.05) is 18.8 Å². The Balaban J connectivity index is 2.00. The second-order valence-corrected chi connectivity index (χ2v) is 4.88. The quantitative estimate of drug-likeness (QED) is 0.593. The Kier molecular flexibility index (Phi) is 3.34. The van der Waals surface area contributed by atoms with Gasteiger partial charge in [0.15, 0.2) is 0 Å². The van der Waals surface area contributed by atoms with Crippen LogP contribution in [0.3, 0.4) is 0 Å². The fourth-order valence-corrected chi connectivity index (χ4v) is 2.39. The summed E-state index contributed by atoms with van der Waals surface area (Å²) >= 11 is 0. The largest absolute Gasteiger partial charge is 0.506 e. The highest BCUT2D eigenvalue weighted by Crippen LogP contribution is 2.23. The number of aromatic hydroxyl groups is 1. The van der Waals surface area contributed by atoms with Gasteiger partial charge in [0.05, 0.1) is 5.69 Å². The zero-order valence-corrected chi connectivity index (χ0v) is 9.82. The molecule has 1 aliphatic rings. The summed E-state index contributed by atoms with van der Waals surface area (Å²) < 4.78 is 0. The molecule has 1 aromatic rings. The van der Waals surface area contributed by atoms with Crippen LogP contribution in [0.15, 0.2) is 18.2 Å². The van der Waals surface area contributed by atoms with E-state index in [2.05, 4.69) is 11.8 Å². The molecule has 3 heteroatoms. The highest BCUT2D eigenvalue weighted by Gasteiger charge is 2.16. The molecule has 0 aromatic heterocycles. The second-order valence-electron chi connectivity index (χ2n) is 4.88. The van der Waals surface area contributed by atoms with Gasteiger partial charge in [-0.15, -0.1) is 0 Å². The van der Waals surface area contributed by atoms with Crippen molar-refractivity contribution in [1.29, 1.82) is 0 Å². The van der Waals surface area contributed by atoms with Crippen molar-refractivity contribution in [2.24, 2.45) is 5.92 Å². The summed E-state index contributed by atoms with van der Waals surface area (Å²) in [5.41, 5.74) is 7.34. The first-order chi connectivity index (χ1) is 7.65. The molecular formula is C13H20N2O. The van der Waals surface area contributed by atoms with E-state index in [0.717, 1.165) is 12.5 Å². The van der Waals surface area contributed by atoms with Crippen LogP contribution in [-0.2, 0) is 6.54 Å². The van der Waals surface area contributed by atoms with Crippen LogP contribution < -0.4 is 5.73 Å². The topological polar surface area (TPSA) is 49.5 Å². The highest BCUT2D eigenvalue weighted by atomic mass is 16.3. The number of likely N-dealkylation sites (tertiary alicyclic amines) is 1. The molecule has 0 aliphatic carbocycles. The normalized spacial score (nSPS) is 22.2. The predicted molar refractivity (Wildman–Crippen MR) is 66.2 cm³/mol. The lowest BCUT2D eigenvalue weighted by molar-refractivity contribution is 0.176. The van der Waals surface area contributed by atoms with E-state index in [9.17, 15) is 5.11 Å². The minimum absolute atomic E-state index is 0.177. The first-order valence-electron chi connectivity index (χ1n) is 5.95. The summed E-state index contributed by atoms with van der Waals surface area (Å²) in [6.45, 7) is 5.58. The molecule has 1 aliphatic heterocycles. The van der Waals surface area contributed by atoms with E-state index in [1.807, 2.05) is 12.1 Å². The molecule has 0 radical (unpaired) electrons. The van der Waals surface area contributed by atoms with E-state index in [-0.39, 0.29) is 5.75 Å². The molecule has 0 bridgehead atoms. The molecular weight excluding hydrogens is 200 g/mol. The van der Waals surface area contributed by atoms with Crippen molar-refractivity contribution < 1.29 is 5.11 Å². The summed E-state index contributed by atoms with van der Waals surface area (Å²) in [4.78, 5) is 2.46. The number of hydrogen-bond acceptors (Lipinski definition) is 3. The van der Waals surface area contributed by atoms with Crippen molar-refractivity contribution in [2.45, 2.75) is 26.3 Å². The first-order valence-corrected chi connectivity index (χ1v) is 5.95. The van der Waals surface area contributed by atoms with Gasteiger partial charge < -0.3 is 10.8 Å². The van der Waals surface area contributed by atoms with Gasteiger partial charge in [-0.3, -0.25) is 4.90 Å². The Labute approximate surface area is 96.9 Å². The third kappa shape index (κ3) is 2.67. The third-order valence-corrected chi connectivity index (χ3v) is 3.24. The van der Waals surface area contributed by atoms with Crippen LogP contribution in [0.2, 0.25) is 0 Å². The Morgan fingerprint density at radius 1 is 1.50 bits per heavy atom. The maximum Gasteiger partial charge on any atom is 0.138 e. The molecule has 3 N–H and O–H groups in total. The third-order valence-electron chi connectivity index (χ3n) is 3.24. The molecule has 1 unspecified atom stereocenters. The average molecular weight is 220 g/mol. The Morgan fingerprint density at radius 2 is 2.31 bits per heavy atom. The molecule has 0 spiro atoms. The smallest absolute Gasteiger partial charge is 0.138 e. The SMILES string of the molecule is CC1CCCN(Cc2ccc(O)c(N)c2)C1. The van der Waals surface area contributed by atoms with Crippen LogP contribution in [0.25, 0.3) is 0 Å². The molecule has 0 amide bonds. The molecule has 1 atom stereocenters. The van der Waals surface area contributed by atoms with Crippen LogP contribution >= 0.6 is 0 Å². The van der Waals surface area contributed by atoms with Gasteiger partial charge in [-0.1, -0.05) is 13.0 Å². The molecule has 88 valence electrons. The van der Waals surface area contributed by atoms with Gasteiger partial charge in [-0.25, -0.2) is 0 Å². The molecule has 1 aromatic carbocycles. The van der Waals surface area contributed by atoms with E-state index in [4.69, 9.17) is 5.73 Å². The predicted octanol–water partition coefficient (Wildman–Crippen LogP) is 2.21. The van der Waals surface area contributed by atoms with Gasteiger partial charge in [0.2, 0.25) is 0 Å². The molecule has 1 saturated heterocycles. The van der Waals surface area contributed by atoms with Crippen molar-refractivity contribution >= 4 is 5.69 Å². The van der Waals surface area contributed by atoms with E-state index in [0.29, 0.717) is 5.69 Å². The van der Waals surface area contributed by atoms with Gasteiger partial charge in [0.25, 0.3) is 0 Å². The average Bonchev–Trinajstić information content (AvgIpc) is 2.24. The standard InChI is InChI=1S/C13H20N2O/c1-10-3-2-6-15(8-10)9-11-4-5-13(16)12(14)7-11/h4-5,7,10,16H,2-3,6,8-9,14H2,1H3. The van der Waals surface area contributed by atoms with Gasteiger partial charge in [0, 0.05) is 13.1 Å².